The van der Waals surface area contributed by atoms with Gasteiger partial charge in [-0.1, -0.05) is 280 Å². The number of rotatable bonds is 57. The van der Waals surface area contributed by atoms with E-state index in [9.17, 15) is 14.4 Å². The zero-order valence-corrected chi connectivity index (χ0v) is 48.4. The molecule has 0 aromatic carbocycles. The molecule has 1 atom stereocenters. The Hall–Kier alpha value is -3.15. The number of ether oxygens (including phenoxy) is 3. The van der Waals surface area contributed by atoms with Gasteiger partial charge in [0.1, 0.15) is 13.2 Å². The molecule has 1 unspecified atom stereocenters. The average Bonchev–Trinajstić information content (AvgIpc) is 3.39. The van der Waals surface area contributed by atoms with Crippen LogP contribution in [0.2, 0.25) is 0 Å². The topological polar surface area (TPSA) is 78.9 Å². The first-order chi connectivity index (χ1) is 36.0. The molecule has 0 rings (SSSR count). The summed E-state index contributed by atoms with van der Waals surface area (Å²) in [5.74, 6) is -0.886. The molecule has 0 N–H and O–H groups in total. The summed E-state index contributed by atoms with van der Waals surface area (Å²) in [6.45, 7) is 6.52. The summed E-state index contributed by atoms with van der Waals surface area (Å²) in [7, 11) is 0. The molecule has 0 saturated carbocycles. The lowest BCUT2D eigenvalue weighted by Gasteiger charge is -2.18. The standard InChI is InChI=1S/C67H118O6/c1-4-7-10-13-16-19-22-24-26-27-28-29-30-31-32-33-34-35-36-37-38-39-41-42-45-48-51-54-57-60-66(69)72-63-64(62-71-65(68)59-56-53-50-47-44-21-18-15-12-9-6-3)73-67(70)61-58-55-52-49-46-43-40-25-23-20-17-14-11-8-5-2/h8,11,17,20,22,24-25,27-28,30-31,40,64H,4-7,9-10,12-16,18-19,21,23,26,29,32-39,41-63H2,1-3H3/b11-8-,20-17-,24-22-,28-27-,31-30-,40-25-. The fraction of sp³-hybridized carbons (Fsp3) is 0.776. The van der Waals surface area contributed by atoms with Crippen molar-refractivity contribution in [3.8, 4) is 0 Å². The number of unbranched alkanes of at least 4 members (excludes halogenated alkanes) is 34. The Morgan fingerprint density at radius 2 is 0.534 bits per heavy atom. The molecule has 73 heavy (non-hydrogen) atoms. The zero-order valence-electron chi connectivity index (χ0n) is 48.4. The van der Waals surface area contributed by atoms with Crippen molar-refractivity contribution in [2.24, 2.45) is 0 Å². The molecule has 0 saturated heterocycles. The largest absolute Gasteiger partial charge is 0.462 e. The molecule has 0 aromatic heterocycles. The van der Waals surface area contributed by atoms with Crippen LogP contribution in [0.15, 0.2) is 72.9 Å². The maximum atomic E-state index is 12.8. The van der Waals surface area contributed by atoms with E-state index in [0.717, 1.165) is 109 Å². The molecular weight excluding hydrogens is 901 g/mol. The van der Waals surface area contributed by atoms with Crippen LogP contribution in [0, 0.1) is 0 Å². The molecule has 422 valence electrons. The van der Waals surface area contributed by atoms with Crippen molar-refractivity contribution in [3.63, 3.8) is 0 Å². The Labute approximate surface area is 453 Å². The molecule has 0 radical (unpaired) electrons. The van der Waals surface area contributed by atoms with Crippen molar-refractivity contribution in [3.05, 3.63) is 72.9 Å². The van der Waals surface area contributed by atoms with Crippen LogP contribution in [0.4, 0.5) is 0 Å². The highest BCUT2D eigenvalue weighted by Gasteiger charge is 2.19. The Kier molecular flexibility index (Phi) is 58.7. The second-order valence-electron chi connectivity index (χ2n) is 20.9. The fourth-order valence-corrected chi connectivity index (χ4v) is 9.00. The summed E-state index contributed by atoms with van der Waals surface area (Å²) in [4.78, 5) is 38.2. The third-order valence-electron chi connectivity index (χ3n) is 13.7. The summed E-state index contributed by atoms with van der Waals surface area (Å²) in [6, 6.07) is 0. The van der Waals surface area contributed by atoms with Crippen LogP contribution >= 0.6 is 0 Å². The van der Waals surface area contributed by atoms with Crippen LogP contribution in [-0.2, 0) is 28.6 Å². The van der Waals surface area contributed by atoms with Crippen LogP contribution in [0.5, 0.6) is 0 Å². The molecule has 0 fully saturated rings. The van der Waals surface area contributed by atoms with Crippen LogP contribution in [0.3, 0.4) is 0 Å². The van der Waals surface area contributed by atoms with Crippen molar-refractivity contribution in [2.45, 2.75) is 322 Å². The van der Waals surface area contributed by atoms with Gasteiger partial charge in [0.25, 0.3) is 0 Å². The number of hydrogen-bond donors (Lipinski definition) is 0. The SMILES string of the molecule is CC/C=C\C/C=C\C/C=C\CCCCCCCC(=O)OC(COC(=O)CCCCCCCCCCCCC)COC(=O)CCCCCCCCCCCCCCCC/C=C\C/C=C\C/C=C\CCCCCCC. The second-order valence-corrected chi connectivity index (χ2v) is 20.9. The maximum absolute atomic E-state index is 12.8. The zero-order chi connectivity index (χ0) is 52.9. The van der Waals surface area contributed by atoms with Gasteiger partial charge in [0.2, 0.25) is 0 Å². The highest BCUT2D eigenvalue weighted by Crippen LogP contribution is 2.16. The normalized spacial score (nSPS) is 12.5. The van der Waals surface area contributed by atoms with E-state index in [1.54, 1.807) is 0 Å². The van der Waals surface area contributed by atoms with Crippen LogP contribution in [0.25, 0.3) is 0 Å². The number of carbonyl (C=O) groups excluding carboxylic acids is 3. The minimum absolute atomic E-state index is 0.0794. The van der Waals surface area contributed by atoms with Crippen LogP contribution in [-0.4, -0.2) is 37.2 Å². The third kappa shape index (κ3) is 59.6. The van der Waals surface area contributed by atoms with E-state index in [1.165, 1.54) is 167 Å². The Morgan fingerprint density at radius 3 is 0.836 bits per heavy atom. The predicted molar refractivity (Wildman–Crippen MR) is 316 cm³/mol. The molecule has 0 aromatic rings. The van der Waals surface area contributed by atoms with Gasteiger partial charge in [0, 0.05) is 19.3 Å². The van der Waals surface area contributed by atoms with Crippen molar-refractivity contribution < 1.29 is 28.6 Å². The highest BCUT2D eigenvalue weighted by molar-refractivity contribution is 5.71. The molecule has 6 nitrogen and oxygen atoms in total. The smallest absolute Gasteiger partial charge is 0.306 e. The van der Waals surface area contributed by atoms with Gasteiger partial charge in [-0.3, -0.25) is 14.4 Å². The molecule has 0 aliphatic rings. The van der Waals surface area contributed by atoms with Gasteiger partial charge >= 0.3 is 17.9 Å². The first kappa shape index (κ1) is 69.8. The first-order valence-corrected chi connectivity index (χ1v) is 31.4. The molecule has 0 amide bonds. The van der Waals surface area contributed by atoms with E-state index in [0.29, 0.717) is 19.3 Å². The van der Waals surface area contributed by atoms with Gasteiger partial charge in [-0.2, -0.15) is 0 Å². The van der Waals surface area contributed by atoms with E-state index >= 15 is 0 Å². The lowest BCUT2D eigenvalue weighted by atomic mass is 10.0. The lowest BCUT2D eigenvalue weighted by Crippen LogP contribution is -2.30. The summed E-state index contributed by atoms with van der Waals surface area (Å²) in [5.41, 5.74) is 0. The first-order valence-electron chi connectivity index (χ1n) is 31.4. The molecule has 0 aliphatic heterocycles. The molecule has 0 spiro atoms. The monoisotopic (exact) mass is 1020 g/mol. The fourth-order valence-electron chi connectivity index (χ4n) is 9.00. The Balaban J connectivity index is 4.18. The molecule has 6 heteroatoms. The number of esters is 3. The third-order valence-corrected chi connectivity index (χ3v) is 13.7. The highest BCUT2D eigenvalue weighted by atomic mass is 16.6. The van der Waals surface area contributed by atoms with E-state index in [4.69, 9.17) is 14.2 Å². The van der Waals surface area contributed by atoms with Crippen LogP contribution in [0.1, 0.15) is 316 Å². The van der Waals surface area contributed by atoms with E-state index < -0.39 is 6.10 Å². The molecule has 0 aliphatic carbocycles. The van der Waals surface area contributed by atoms with Gasteiger partial charge in [-0.25, -0.2) is 0 Å². The lowest BCUT2D eigenvalue weighted by molar-refractivity contribution is -0.167. The number of allylic oxidation sites excluding steroid dienone is 12. The minimum atomic E-state index is -0.782. The van der Waals surface area contributed by atoms with Gasteiger partial charge in [-0.05, 0) is 89.9 Å². The van der Waals surface area contributed by atoms with Gasteiger partial charge < -0.3 is 14.2 Å². The summed E-state index contributed by atoms with van der Waals surface area (Å²) < 4.78 is 16.9. The van der Waals surface area contributed by atoms with E-state index in [2.05, 4.69) is 93.7 Å². The Bertz CT molecular complexity index is 1360. The van der Waals surface area contributed by atoms with Crippen molar-refractivity contribution >= 4 is 17.9 Å². The van der Waals surface area contributed by atoms with Gasteiger partial charge in [0.15, 0.2) is 6.10 Å². The quantitative estimate of drug-likeness (QED) is 0.0261. The van der Waals surface area contributed by atoms with Gasteiger partial charge in [0.05, 0.1) is 0 Å². The molecule has 0 bridgehead atoms. The van der Waals surface area contributed by atoms with Crippen molar-refractivity contribution in [1.82, 2.24) is 0 Å². The summed E-state index contributed by atoms with van der Waals surface area (Å²) in [5, 5.41) is 0. The summed E-state index contributed by atoms with van der Waals surface area (Å²) in [6.07, 6.45) is 79.2. The van der Waals surface area contributed by atoms with Crippen molar-refractivity contribution in [2.75, 3.05) is 13.2 Å². The van der Waals surface area contributed by atoms with E-state index in [-0.39, 0.29) is 31.1 Å². The Morgan fingerprint density at radius 1 is 0.288 bits per heavy atom. The predicted octanol–water partition coefficient (Wildman–Crippen LogP) is 21.3. The van der Waals surface area contributed by atoms with Gasteiger partial charge in [-0.15, -0.1) is 0 Å². The summed E-state index contributed by atoms with van der Waals surface area (Å²) >= 11 is 0. The average molecular weight is 1020 g/mol. The minimum Gasteiger partial charge on any atom is -0.462 e. The van der Waals surface area contributed by atoms with E-state index in [1.807, 2.05) is 0 Å². The van der Waals surface area contributed by atoms with Crippen molar-refractivity contribution in [1.29, 1.82) is 0 Å². The number of carbonyl (C=O) groups is 3. The van der Waals surface area contributed by atoms with Crippen LogP contribution < -0.4 is 0 Å². The number of hydrogen-bond acceptors (Lipinski definition) is 6. The maximum Gasteiger partial charge on any atom is 0.306 e. The molecule has 0 heterocycles. The molecular formula is C67H118O6. The second kappa shape index (κ2) is 61.4.